The number of carbonyl (C=O) groups excluding carboxylic acids is 1. The molecule has 0 aliphatic carbocycles. The van der Waals surface area contributed by atoms with Crippen molar-refractivity contribution in [1.29, 1.82) is 0 Å². The number of nitrogens with one attached hydrogen (secondary N) is 1. The van der Waals surface area contributed by atoms with Crippen molar-refractivity contribution in [1.82, 2.24) is 15.2 Å². The zero-order valence-electron chi connectivity index (χ0n) is 13.8. The quantitative estimate of drug-likeness (QED) is 0.235. The van der Waals surface area contributed by atoms with Gasteiger partial charge in [-0.25, -0.2) is 23.4 Å². The highest BCUT2D eigenvalue weighted by Crippen LogP contribution is 2.27. The molecular weight excluding hydrogens is 364 g/mol. The summed E-state index contributed by atoms with van der Waals surface area (Å²) in [5, 5.41) is 4.75. The van der Waals surface area contributed by atoms with Gasteiger partial charge < -0.3 is 0 Å². The summed E-state index contributed by atoms with van der Waals surface area (Å²) >= 11 is 0. The maximum absolute atomic E-state index is 14.0. The number of hydrogen-bond donors (Lipinski definition) is 2. The van der Waals surface area contributed by atoms with E-state index < -0.39 is 24.0 Å². The van der Waals surface area contributed by atoms with Crippen molar-refractivity contribution in [2.24, 2.45) is 5.84 Å². The number of carbonyl (C=O) groups is 1. The van der Waals surface area contributed by atoms with Crippen LogP contribution in [0.1, 0.15) is 23.2 Å². The molecule has 0 saturated heterocycles. The first-order valence-corrected chi connectivity index (χ1v) is 7.80. The van der Waals surface area contributed by atoms with Crippen molar-refractivity contribution < 1.29 is 22.4 Å². The van der Waals surface area contributed by atoms with Crippen molar-refractivity contribution in [3.63, 3.8) is 0 Å². The number of hydrazine groups is 1. The average Bonchev–Trinajstić information content (AvgIpc) is 2.99. The molecule has 9 heteroatoms. The van der Waals surface area contributed by atoms with Gasteiger partial charge in [0.15, 0.2) is 0 Å². The third-order valence-corrected chi connectivity index (χ3v) is 3.93. The molecule has 0 bridgehead atoms. The molecule has 3 N–H and O–H groups in total. The molecule has 1 heterocycles. The highest BCUT2D eigenvalue weighted by Gasteiger charge is 2.15. The summed E-state index contributed by atoms with van der Waals surface area (Å²) in [6, 6.07) is 7.03. The van der Waals surface area contributed by atoms with Gasteiger partial charge in [-0.05, 0) is 18.2 Å². The summed E-state index contributed by atoms with van der Waals surface area (Å²) in [6.07, 6.45) is -0.197. The van der Waals surface area contributed by atoms with Gasteiger partial charge in [0.25, 0.3) is 12.3 Å². The second-order valence-corrected chi connectivity index (χ2v) is 5.70. The Morgan fingerprint density at radius 1 is 1.22 bits per heavy atom. The van der Waals surface area contributed by atoms with Crippen LogP contribution >= 0.6 is 0 Å². The smallest absolute Gasteiger partial charge is 0.263 e. The highest BCUT2D eigenvalue weighted by atomic mass is 19.3. The van der Waals surface area contributed by atoms with Crippen LogP contribution in [0.4, 0.5) is 17.6 Å². The normalized spacial score (nSPS) is 11.6. The number of amides is 1. The van der Waals surface area contributed by atoms with Crippen LogP contribution in [0.15, 0.2) is 42.5 Å². The lowest BCUT2D eigenvalue weighted by Gasteiger charge is -2.06. The van der Waals surface area contributed by atoms with Gasteiger partial charge >= 0.3 is 0 Å². The first kappa shape index (κ1) is 18.6. The van der Waals surface area contributed by atoms with E-state index in [1.165, 1.54) is 35.0 Å². The van der Waals surface area contributed by atoms with Gasteiger partial charge in [0.05, 0.1) is 17.8 Å². The Hall–Kier alpha value is -3.20. The lowest BCUT2D eigenvalue weighted by Crippen LogP contribution is -2.27. The van der Waals surface area contributed by atoms with Crippen LogP contribution in [0.5, 0.6) is 0 Å². The zero-order valence-corrected chi connectivity index (χ0v) is 13.8. The number of alkyl halides is 2. The number of aromatic nitrogens is 2. The molecule has 2 aromatic carbocycles. The minimum Gasteiger partial charge on any atom is -0.291 e. The van der Waals surface area contributed by atoms with Gasteiger partial charge in [0.2, 0.25) is 0 Å². The maximum atomic E-state index is 14.0. The summed E-state index contributed by atoms with van der Waals surface area (Å²) in [5.74, 6) is 2.93. The largest absolute Gasteiger partial charge is 0.291 e. The number of nitrogens with zero attached hydrogens (tertiary/aromatic N) is 2. The molecule has 3 rings (SSSR count). The Morgan fingerprint density at radius 2 is 2.00 bits per heavy atom. The molecule has 0 aliphatic heterocycles. The van der Waals surface area contributed by atoms with Gasteiger partial charge in [-0.2, -0.15) is 5.10 Å². The van der Waals surface area contributed by atoms with Crippen LogP contribution in [0.3, 0.4) is 0 Å². The fourth-order valence-corrected chi connectivity index (χ4v) is 2.61. The molecule has 3 aromatic rings. The van der Waals surface area contributed by atoms with Crippen LogP contribution < -0.4 is 11.3 Å². The lowest BCUT2D eigenvalue weighted by molar-refractivity contribution is -0.116. The SMILES string of the molecule is NNC(=O)/C=C/c1nn(Cc2ccc(F)cc2F)c2cc(C(F)F)ccc12. The minimum atomic E-state index is -2.69. The molecule has 0 radical (unpaired) electrons. The van der Waals surface area contributed by atoms with Crippen molar-refractivity contribution in [2.75, 3.05) is 0 Å². The van der Waals surface area contributed by atoms with E-state index in [0.29, 0.717) is 16.6 Å². The first-order chi connectivity index (χ1) is 12.9. The van der Waals surface area contributed by atoms with Gasteiger partial charge in [0, 0.05) is 28.7 Å². The molecule has 27 heavy (non-hydrogen) atoms. The molecule has 0 aliphatic rings. The molecule has 140 valence electrons. The van der Waals surface area contributed by atoms with E-state index in [1.807, 2.05) is 5.43 Å². The van der Waals surface area contributed by atoms with Crippen LogP contribution in [0.25, 0.3) is 17.0 Å². The fourth-order valence-electron chi connectivity index (χ4n) is 2.61. The van der Waals surface area contributed by atoms with Gasteiger partial charge in [-0.15, -0.1) is 0 Å². The number of benzene rings is 2. The predicted molar refractivity (Wildman–Crippen MR) is 91.5 cm³/mol. The van der Waals surface area contributed by atoms with Crippen molar-refractivity contribution >= 4 is 22.9 Å². The standard InChI is InChI=1S/C18H14F4N4O/c19-12-3-1-11(14(20)8-12)9-26-16-7-10(18(21)22)2-4-13(16)15(25-26)5-6-17(27)24-23/h1-8,18H,9,23H2,(H,24,27)/b6-5+. The highest BCUT2D eigenvalue weighted by molar-refractivity contribution is 5.95. The van der Waals surface area contributed by atoms with E-state index in [9.17, 15) is 22.4 Å². The fraction of sp³-hybridized carbons (Fsp3) is 0.111. The molecule has 0 fully saturated rings. The van der Waals surface area contributed by atoms with E-state index in [1.54, 1.807) is 0 Å². The summed E-state index contributed by atoms with van der Waals surface area (Å²) < 4.78 is 54.5. The van der Waals surface area contributed by atoms with E-state index in [2.05, 4.69) is 5.10 Å². The molecule has 5 nitrogen and oxygen atoms in total. The Kier molecular flexibility index (Phi) is 5.22. The van der Waals surface area contributed by atoms with E-state index >= 15 is 0 Å². The minimum absolute atomic E-state index is 0.105. The van der Waals surface area contributed by atoms with Crippen molar-refractivity contribution in [3.8, 4) is 0 Å². The van der Waals surface area contributed by atoms with Crippen LogP contribution in [0, 0.1) is 11.6 Å². The van der Waals surface area contributed by atoms with Gasteiger partial charge in [-0.1, -0.05) is 18.2 Å². The van der Waals surface area contributed by atoms with E-state index in [0.717, 1.165) is 18.2 Å². The van der Waals surface area contributed by atoms with E-state index in [4.69, 9.17) is 5.84 Å². The number of halogens is 4. The summed E-state index contributed by atoms with van der Waals surface area (Å²) in [6.45, 7) is -0.105. The topological polar surface area (TPSA) is 72.9 Å². The number of hydrogen-bond acceptors (Lipinski definition) is 3. The molecule has 1 aromatic heterocycles. The summed E-state index contributed by atoms with van der Waals surface area (Å²) in [5.41, 5.74) is 2.48. The third-order valence-electron chi connectivity index (χ3n) is 3.93. The van der Waals surface area contributed by atoms with E-state index in [-0.39, 0.29) is 17.7 Å². The molecule has 0 spiro atoms. The Bertz CT molecular complexity index is 1030. The summed E-state index contributed by atoms with van der Waals surface area (Å²) in [7, 11) is 0. The third kappa shape index (κ3) is 3.98. The van der Waals surface area contributed by atoms with Crippen molar-refractivity contribution in [3.05, 3.63) is 70.9 Å². The monoisotopic (exact) mass is 378 g/mol. The predicted octanol–water partition coefficient (Wildman–Crippen LogP) is 3.30. The van der Waals surface area contributed by atoms with Gasteiger partial charge in [0.1, 0.15) is 11.6 Å². The van der Waals surface area contributed by atoms with Crippen LogP contribution in [-0.2, 0) is 11.3 Å². The zero-order chi connectivity index (χ0) is 19.6. The van der Waals surface area contributed by atoms with Crippen LogP contribution in [0.2, 0.25) is 0 Å². The Balaban J connectivity index is 2.10. The second kappa shape index (κ2) is 7.58. The molecular formula is C18H14F4N4O. The Labute approximate surface area is 151 Å². The number of nitrogens with two attached hydrogens (primary N) is 1. The van der Waals surface area contributed by atoms with Gasteiger partial charge in [-0.3, -0.25) is 14.9 Å². The Morgan fingerprint density at radius 3 is 2.67 bits per heavy atom. The summed E-state index contributed by atoms with van der Waals surface area (Å²) in [4.78, 5) is 11.3. The molecule has 0 saturated carbocycles. The lowest BCUT2D eigenvalue weighted by atomic mass is 10.1. The van der Waals surface area contributed by atoms with Crippen molar-refractivity contribution in [2.45, 2.75) is 13.0 Å². The first-order valence-electron chi connectivity index (χ1n) is 7.80. The average molecular weight is 378 g/mol. The molecule has 0 atom stereocenters. The number of rotatable bonds is 5. The second-order valence-electron chi connectivity index (χ2n) is 5.70. The number of fused-ring (bicyclic) bond motifs is 1. The molecule has 0 unspecified atom stereocenters. The maximum Gasteiger partial charge on any atom is 0.263 e. The molecule has 1 amide bonds. The van der Waals surface area contributed by atoms with Crippen LogP contribution in [-0.4, -0.2) is 15.7 Å².